The summed E-state index contributed by atoms with van der Waals surface area (Å²) in [5.41, 5.74) is 0. The van der Waals surface area contributed by atoms with Crippen molar-refractivity contribution < 1.29 is 28.6 Å². The fourth-order valence-corrected chi connectivity index (χ4v) is 10.5. The molecule has 0 saturated heterocycles. The van der Waals surface area contributed by atoms with Gasteiger partial charge in [-0.2, -0.15) is 0 Å². The molecule has 0 aromatic heterocycles. The summed E-state index contributed by atoms with van der Waals surface area (Å²) in [6, 6.07) is 0. The number of esters is 3. The molecule has 1 atom stereocenters. The number of unbranched alkanes of at least 4 members (excludes halogenated alkanes) is 43. The van der Waals surface area contributed by atoms with E-state index in [2.05, 4.69) is 93.7 Å². The van der Waals surface area contributed by atoms with Gasteiger partial charge in [-0.15, -0.1) is 0 Å². The number of rotatable bonds is 66. The summed E-state index contributed by atoms with van der Waals surface area (Å²) in [7, 11) is 0. The summed E-state index contributed by atoms with van der Waals surface area (Å²) in [5.74, 6) is -0.871. The third-order valence-electron chi connectivity index (χ3n) is 15.9. The maximum Gasteiger partial charge on any atom is 0.306 e. The Labute approximate surface area is 510 Å². The molecule has 0 spiro atoms. The molecule has 0 N–H and O–H groups in total. The van der Waals surface area contributed by atoms with Crippen LogP contribution in [0.25, 0.3) is 0 Å². The lowest BCUT2D eigenvalue weighted by Crippen LogP contribution is -2.30. The number of carbonyl (C=O) groups is 3. The molecule has 476 valence electrons. The van der Waals surface area contributed by atoms with Crippen LogP contribution in [0.2, 0.25) is 0 Å². The van der Waals surface area contributed by atoms with Crippen molar-refractivity contribution in [3.05, 3.63) is 72.9 Å². The summed E-state index contributed by atoms with van der Waals surface area (Å²) in [6.07, 6.45) is 92.1. The van der Waals surface area contributed by atoms with Crippen molar-refractivity contribution in [1.29, 1.82) is 0 Å². The lowest BCUT2D eigenvalue weighted by Gasteiger charge is -2.18. The zero-order valence-electron chi connectivity index (χ0n) is 54.8. The molecule has 0 aromatic carbocycles. The third-order valence-corrected chi connectivity index (χ3v) is 15.9. The Balaban J connectivity index is 4.27. The topological polar surface area (TPSA) is 78.9 Å². The zero-order valence-corrected chi connectivity index (χ0v) is 54.8. The molecule has 1 unspecified atom stereocenters. The zero-order chi connectivity index (χ0) is 59.2. The molecular formula is C76H136O6. The standard InChI is InChI=1S/C76H136O6/c1-4-7-10-13-16-19-22-25-28-30-32-34-35-36-37-38-39-40-41-43-44-46-48-51-54-57-60-63-66-69-75(78)81-72-73(71-80-74(77)68-65-62-59-56-53-50-27-24-21-18-15-12-9-6-3)82-76(79)70-67-64-61-58-55-52-49-47-45-42-33-31-29-26-23-20-17-14-11-8-5-2/h22-27,30-33,35-36,73H,4-21,28-29,34,37-72H2,1-3H3/b25-22-,26-23-,27-24-,32-30-,33-31-,36-35-. The quantitative estimate of drug-likeness (QED) is 0.0261. The SMILES string of the molecule is CCCCCCC/C=C\C/C=C\C/C=C\CCCCCCCCCCCCCCCCC(=O)OCC(COC(=O)CCCCCCC/C=C\CCCCCCC)OC(=O)CCCCCCCCCCC/C=C\C/C=C\CCCCCCC. The highest BCUT2D eigenvalue weighted by Gasteiger charge is 2.19. The van der Waals surface area contributed by atoms with Crippen LogP contribution in [0, 0.1) is 0 Å². The van der Waals surface area contributed by atoms with Crippen molar-refractivity contribution in [3.63, 3.8) is 0 Å². The van der Waals surface area contributed by atoms with Gasteiger partial charge in [0.25, 0.3) is 0 Å². The Morgan fingerprint density at radius 3 is 0.695 bits per heavy atom. The number of carbonyl (C=O) groups excluding carboxylic acids is 3. The fourth-order valence-electron chi connectivity index (χ4n) is 10.5. The molecule has 0 aromatic rings. The van der Waals surface area contributed by atoms with Gasteiger partial charge in [0.05, 0.1) is 0 Å². The molecule has 6 heteroatoms. The molecule has 6 nitrogen and oxygen atoms in total. The van der Waals surface area contributed by atoms with E-state index in [0.29, 0.717) is 19.3 Å². The van der Waals surface area contributed by atoms with E-state index in [1.165, 1.54) is 250 Å². The largest absolute Gasteiger partial charge is 0.462 e. The van der Waals surface area contributed by atoms with Gasteiger partial charge in [0.15, 0.2) is 6.10 Å². The monoisotopic (exact) mass is 1150 g/mol. The highest BCUT2D eigenvalue weighted by atomic mass is 16.6. The first-order valence-corrected chi connectivity index (χ1v) is 35.9. The smallest absolute Gasteiger partial charge is 0.306 e. The van der Waals surface area contributed by atoms with E-state index in [1.54, 1.807) is 0 Å². The first kappa shape index (κ1) is 78.8. The minimum Gasteiger partial charge on any atom is -0.462 e. The summed E-state index contributed by atoms with van der Waals surface area (Å²) < 4.78 is 17.0. The van der Waals surface area contributed by atoms with E-state index in [4.69, 9.17) is 14.2 Å². The van der Waals surface area contributed by atoms with Crippen LogP contribution in [0.4, 0.5) is 0 Å². The van der Waals surface area contributed by atoms with Crippen LogP contribution in [-0.4, -0.2) is 37.2 Å². The molecule has 0 aliphatic heterocycles. The predicted octanol–water partition coefficient (Wildman–Crippen LogP) is 24.8. The van der Waals surface area contributed by atoms with Gasteiger partial charge < -0.3 is 14.2 Å². The van der Waals surface area contributed by atoms with Crippen LogP contribution in [-0.2, 0) is 28.6 Å². The van der Waals surface area contributed by atoms with Gasteiger partial charge in [0.1, 0.15) is 13.2 Å². The van der Waals surface area contributed by atoms with Crippen LogP contribution in [0.15, 0.2) is 72.9 Å². The molecular weight excluding hydrogens is 1010 g/mol. The predicted molar refractivity (Wildman–Crippen MR) is 358 cm³/mol. The minimum absolute atomic E-state index is 0.0774. The first-order chi connectivity index (χ1) is 40.5. The van der Waals surface area contributed by atoms with E-state index in [0.717, 1.165) is 83.5 Å². The maximum absolute atomic E-state index is 13.0. The van der Waals surface area contributed by atoms with E-state index in [9.17, 15) is 14.4 Å². The van der Waals surface area contributed by atoms with Crippen LogP contribution >= 0.6 is 0 Å². The number of hydrogen-bond donors (Lipinski definition) is 0. The molecule has 0 amide bonds. The lowest BCUT2D eigenvalue weighted by molar-refractivity contribution is -0.167. The molecule has 0 fully saturated rings. The average Bonchev–Trinajstić information content (AvgIpc) is 3.47. The van der Waals surface area contributed by atoms with Gasteiger partial charge in [0, 0.05) is 19.3 Å². The Morgan fingerprint density at radius 1 is 0.244 bits per heavy atom. The Hall–Kier alpha value is -3.15. The summed E-state index contributed by atoms with van der Waals surface area (Å²) >= 11 is 0. The van der Waals surface area contributed by atoms with Gasteiger partial charge in [-0.1, -0.05) is 312 Å². The van der Waals surface area contributed by atoms with E-state index in [-0.39, 0.29) is 31.1 Å². The summed E-state index contributed by atoms with van der Waals surface area (Å²) in [4.78, 5) is 38.4. The minimum atomic E-state index is -0.782. The van der Waals surface area contributed by atoms with Crippen molar-refractivity contribution in [1.82, 2.24) is 0 Å². The van der Waals surface area contributed by atoms with E-state index >= 15 is 0 Å². The van der Waals surface area contributed by atoms with Crippen molar-refractivity contribution >= 4 is 17.9 Å². The number of allylic oxidation sites excluding steroid dienone is 12. The first-order valence-electron chi connectivity index (χ1n) is 35.9. The molecule has 0 radical (unpaired) electrons. The van der Waals surface area contributed by atoms with Crippen LogP contribution < -0.4 is 0 Å². The van der Waals surface area contributed by atoms with Gasteiger partial charge >= 0.3 is 17.9 Å². The van der Waals surface area contributed by atoms with Crippen molar-refractivity contribution in [2.45, 2.75) is 380 Å². The normalized spacial score (nSPS) is 12.5. The molecule has 0 aliphatic carbocycles. The summed E-state index contributed by atoms with van der Waals surface area (Å²) in [5, 5.41) is 0. The van der Waals surface area contributed by atoms with Crippen molar-refractivity contribution in [2.75, 3.05) is 13.2 Å². The summed E-state index contributed by atoms with van der Waals surface area (Å²) in [6.45, 7) is 6.65. The van der Waals surface area contributed by atoms with Crippen LogP contribution in [0.5, 0.6) is 0 Å². The second kappa shape index (κ2) is 70.3. The molecule has 0 bridgehead atoms. The van der Waals surface area contributed by atoms with Gasteiger partial charge in [0.2, 0.25) is 0 Å². The Kier molecular flexibility index (Phi) is 67.6. The average molecular weight is 1150 g/mol. The highest BCUT2D eigenvalue weighted by molar-refractivity contribution is 5.71. The molecule has 0 aliphatic rings. The van der Waals surface area contributed by atoms with E-state index in [1.807, 2.05) is 0 Å². The molecule has 82 heavy (non-hydrogen) atoms. The van der Waals surface area contributed by atoms with E-state index < -0.39 is 6.10 Å². The molecule has 0 saturated carbocycles. The Morgan fingerprint density at radius 2 is 0.439 bits per heavy atom. The van der Waals surface area contributed by atoms with Gasteiger partial charge in [-0.05, 0) is 116 Å². The lowest BCUT2D eigenvalue weighted by atomic mass is 10.0. The Bertz CT molecular complexity index is 1500. The van der Waals surface area contributed by atoms with Gasteiger partial charge in [-0.3, -0.25) is 14.4 Å². The van der Waals surface area contributed by atoms with Crippen LogP contribution in [0.3, 0.4) is 0 Å². The molecule has 0 rings (SSSR count). The second-order valence-corrected chi connectivity index (χ2v) is 24.1. The maximum atomic E-state index is 13.0. The fraction of sp³-hybridized carbons (Fsp3) is 0.803. The van der Waals surface area contributed by atoms with Crippen LogP contribution in [0.1, 0.15) is 374 Å². The van der Waals surface area contributed by atoms with Gasteiger partial charge in [-0.25, -0.2) is 0 Å². The van der Waals surface area contributed by atoms with Crippen molar-refractivity contribution in [2.24, 2.45) is 0 Å². The second-order valence-electron chi connectivity index (χ2n) is 24.1. The van der Waals surface area contributed by atoms with Crippen molar-refractivity contribution in [3.8, 4) is 0 Å². The third kappa shape index (κ3) is 67.6. The number of hydrogen-bond acceptors (Lipinski definition) is 6. The highest BCUT2D eigenvalue weighted by Crippen LogP contribution is 2.17. The number of ether oxygens (including phenoxy) is 3. The molecule has 0 heterocycles.